The van der Waals surface area contributed by atoms with E-state index in [-0.39, 0.29) is 11.6 Å². The van der Waals surface area contributed by atoms with E-state index < -0.39 is 11.8 Å². The van der Waals surface area contributed by atoms with Gasteiger partial charge in [-0.15, -0.1) is 0 Å². The van der Waals surface area contributed by atoms with E-state index in [1.165, 1.54) is 11.8 Å². The van der Waals surface area contributed by atoms with Crippen LogP contribution in [0.2, 0.25) is 5.02 Å². The number of rotatable bonds is 10. The molecule has 1 N–H and O–H groups in total. The lowest BCUT2D eigenvalue weighted by Crippen LogP contribution is -2.23. The Kier molecular flexibility index (Phi) is 8.58. The average molecular weight is 499 g/mol. The number of hydrogen-bond acceptors (Lipinski definition) is 3. The lowest BCUT2D eigenvalue weighted by Gasteiger charge is -2.28. The highest BCUT2D eigenvalue weighted by molar-refractivity contribution is 6.30. The fraction of sp³-hybridized carbons (Fsp3) is 0.429. The van der Waals surface area contributed by atoms with Crippen LogP contribution in [0.1, 0.15) is 44.7 Å². The van der Waals surface area contributed by atoms with Crippen molar-refractivity contribution in [1.82, 2.24) is 9.78 Å². The summed E-state index contributed by atoms with van der Waals surface area (Å²) in [6, 6.07) is 15.1. The van der Waals surface area contributed by atoms with Gasteiger partial charge in [0.25, 0.3) is 0 Å². The number of halogens is 2. The molecule has 0 saturated heterocycles. The quantitative estimate of drug-likeness (QED) is 0.331. The molecule has 3 aromatic rings. The highest BCUT2D eigenvalue weighted by Gasteiger charge is 2.26. The lowest BCUT2D eigenvalue weighted by molar-refractivity contribution is -0.142. The largest absolute Gasteiger partial charge is 0.480 e. The van der Waals surface area contributed by atoms with Crippen molar-refractivity contribution in [2.24, 2.45) is 11.8 Å². The highest BCUT2D eigenvalue weighted by Crippen LogP contribution is 2.38. The summed E-state index contributed by atoms with van der Waals surface area (Å²) in [5.74, 6) is -0.477. The minimum Gasteiger partial charge on any atom is -0.480 e. The summed E-state index contributed by atoms with van der Waals surface area (Å²) in [4.78, 5) is 10.7. The lowest BCUT2D eigenvalue weighted by atomic mass is 9.82. The van der Waals surface area contributed by atoms with Crippen LogP contribution >= 0.6 is 11.6 Å². The standard InChI is InChI=1S/C28H32ClFN2O3/c1-2-6-25-27(21-7-4-3-5-8-21)28(22-13-14-23(29)24(30)15-22)31-32(25)16-19-9-11-20(12-10-19)17-35-18-26(33)34/h3-5,7-8,13-15,19-20H,2,6,9-12,16-18H2,1H3,(H,33,34)/t19-,20-. The zero-order valence-electron chi connectivity index (χ0n) is 20.1. The van der Waals surface area contributed by atoms with Crippen molar-refractivity contribution in [3.63, 3.8) is 0 Å². The van der Waals surface area contributed by atoms with Crippen molar-refractivity contribution >= 4 is 17.6 Å². The molecule has 0 amide bonds. The van der Waals surface area contributed by atoms with Crippen LogP contribution in [0.15, 0.2) is 48.5 Å². The van der Waals surface area contributed by atoms with E-state index in [4.69, 9.17) is 26.5 Å². The van der Waals surface area contributed by atoms with Gasteiger partial charge in [-0.05, 0) is 61.6 Å². The van der Waals surface area contributed by atoms with E-state index in [1.54, 1.807) is 6.07 Å². The van der Waals surface area contributed by atoms with Crippen LogP contribution < -0.4 is 0 Å². The molecule has 2 aromatic carbocycles. The van der Waals surface area contributed by atoms with Gasteiger partial charge >= 0.3 is 5.97 Å². The molecule has 1 fully saturated rings. The molecule has 0 atom stereocenters. The fourth-order valence-electron chi connectivity index (χ4n) is 5.03. The first-order chi connectivity index (χ1) is 17.0. The van der Waals surface area contributed by atoms with E-state index in [0.717, 1.165) is 67.5 Å². The van der Waals surface area contributed by atoms with Gasteiger partial charge in [0.2, 0.25) is 0 Å². The van der Waals surface area contributed by atoms with E-state index in [2.05, 4.69) is 23.7 Å². The van der Waals surface area contributed by atoms with Gasteiger partial charge in [-0.25, -0.2) is 9.18 Å². The minimum atomic E-state index is -0.925. The van der Waals surface area contributed by atoms with Crippen LogP contribution in [0, 0.1) is 17.7 Å². The smallest absolute Gasteiger partial charge is 0.329 e. The number of aliphatic carboxylic acids is 1. The molecular formula is C28H32ClFN2O3. The highest BCUT2D eigenvalue weighted by atomic mass is 35.5. The molecule has 1 aliphatic carbocycles. The molecule has 5 nitrogen and oxygen atoms in total. The second-order valence-corrected chi connectivity index (χ2v) is 9.80. The van der Waals surface area contributed by atoms with Crippen molar-refractivity contribution in [2.45, 2.75) is 52.0 Å². The van der Waals surface area contributed by atoms with Gasteiger partial charge in [0.1, 0.15) is 18.1 Å². The molecule has 186 valence electrons. The van der Waals surface area contributed by atoms with E-state index >= 15 is 0 Å². The van der Waals surface area contributed by atoms with Gasteiger partial charge in [-0.1, -0.05) is 61.3 Å². The van der Waals surface area contributed by atoms with Gasteiger partial charge in [0, 0.05) is 23.4 Å². The van der Waals surface area contributed by atoms with Gasteiger partial charge in [0.15, 0.2) is 0 Å². The van der Waals surface area contributed by atoms with Crippen LogP contribution in [0.5, 0.6) is 0 Å². The van der Waals surface area contributed by atoms with Crippen LogP contribution in [-0.4, -0.2) is 34.1 Å². The van der Waals surface area contributed by atoms with Crippen molar-refractivity contribution in [1.29, 1.82) is 0 Å². The molecule has 7 heteroatoms. The number of ether oxygens (including phenoxy) is 1. The number of aromatic nitrogens is 2. The monoisotopic (exact) mass is 498 g/mol. The summed E-state index contributed by atoms with van der Waals surface area (Å²) in [6.45, 7) is 3.25. The Morgan fingerprint density at radius 3 is 2.49 bits per heavy atom. The molecule has 0 bridgehead atoms. The Labute approximate surface area is 210 Å². The van der Waals surface area contributed by atoms with Crippen molar-refractivity contribution in [2.75, 3.05) is 13.2 Å². The Balaban J connectivity index is 1.61. The third kappa shape index (κ3) is 6.30. The SMILES string of the molecule is CCCc1c(-c2ccccc2)c(-c2ccc(Cl)c(F)c2)nn1C[C@H]1CC[C@H](COCC(=O)O)CC1. The average Bonchev–Trinajstić information content (AvgIpc) is 3.20. The van der Waals surface area contributed by atoms with Gasteiger partial charge in [-0.3, -0.25) is 4.68 Å². The van der Waals surface area contributed by atoms with Gasteiger partial charge < -0.3 is 9.84 Å². The molecule has 4 rings (SSSR count). The number of carboxylic acids is 1. The third-order valence-corrected chi connectivity index (χ3v) is 7.08. The molecule has 35 heavy (non-hydrogen) atoms. The fourth-order valence-corrected chi connectivity index (χ4v) is 5.15. The summed E-state index contributed by atoms with van der Waals surface area (Å²) in [7, 11) is 0. The number of carbonyl (C=O) groups is 1. The summed E-state index contributed by atoms with van der Waals surface area (Å²) in [5.41, 5.74) is 4.82. The molecule has 1 saturated carbocycles. The number of hydrogen-bond donors (Lipinski definition) is 1. The van der Waals surface area contributed by atoms with Crippen molar-refractivity contribution < 1.29 is 19.0 Å². The second kappa shape index (κ2) is 11.8. The Bertz CT molecular complexity index is 1140. The van der Waals surface area contributed by atoms with Crippen LogP contribution in [0.4, 0.5) is 4.39 Å². The first-order valence-electron chi connectivity index (χ1n) is 12.4. The maximum Gasteiger partial charge on any atom is 0.329 e. The zero-order valence-corrected chi connectivity index (χ0v) is 20.8. The molecule has 0 unspecified atom stereocenters. The predicted molar refractivity (Wildman–Crippen MR) is 136 cm³/mol. The van der Waals surface area contributed by atoms with Crippen LogP contribution in [0.25, 0.3) is 22.4 Å². The number of carboxylic acid groups (broad SMARTS) is 1. The van der Waals surface area contributed by atoms with Crippen molar-refractivity contribution in [3.05, 3.63) is 65.1 Å². The summed E-state index contributed by atoms with van der Waals surface area (Å²) in [6.07, 6.45) is 6.01. The molecule has 1 aliphatic rings. The predicted octanol–water partition coefficient (Wildman–Crippen LogP) is 6.87. The Morgan fingerprint density at radius 1 is 1.11 bits per heavy atom. The third-order valence-electron chi connectivity index (χ3n) is 6.78. The molecule has 0 radical (unpaired) electrons. The Hall–Kier alpha value is -2.70. The normalized spacial score (nSPS) is 18.0. The molecular weight excluding hydrogens is 467 g/mol. The maximum absolute atomic E-state index is 14.4. The molecule has 1 heterocycles. The van der Waals surface area contributed by atoms with Gasteiger partial charge in [0.05, 0.1) is 11.6 Å². The molecule has 0 aliphatic heterocycles. The summed E-state index contributed by atoms with van der Waals surface area (Å²) < 4.78 is 21.8. The number of benzene rings is 2. The Morgan fingerprint density at radius 2 is 1.83 bits per heavy atom. The molecule has 0 spiro atoms. The van der Waals surface area contributed by atoms with E-state index in [0.29, 0.717) is 18.4 Å². The first kappa shape index (κ1) is 25.4. The number of nitrogens with zero attached hydrogens (tertiary/aromatic N) is 2. The summed E-state index contributed by atoms with van der Waals surface area (Å²) >= 11 is 5.96. The summed E-state index contributed by atoms with van der Waals surface area (Å²) in [5, 5.41) is 13.9. The van der Waals surface area contributed by atoms with Crippen LogP contribution in [0.3, 0.4) is 0 Å². The van der Waals surface area contributed by atoms with Gasteiger partial charge in [-0.2, -0.15) is 5.10 Å². The topological polar surface area (TPSA) is 64.4 Å². The van der Waals surface area contributed by atoms with Crippen molar-refractivity contribution in [3.8, 4) is 22.4 Å². The van der Waals surface area contributed by atoms with Crippen LogP contribution in [-0.2, 0) is 22.5 Å². The first-order valence-corrected chi connectivity index (χ1v) is 12.7. The maximum atomic E-state index is 14.4. The van der Waals surface area contributed by atoms with E-state index in [1.807, 2.05) is 24.3 Å². The zero-order chi connectivity index (χ0) is 24.8. The second-order valence-electron chi connectivity index (χ2n) is 9.39. The van der Waals surface area contributed by atoms with E-state index in [9.17, 15) is 9.18 Å². The molecule has 1 aromatic heterocycles. The minimum absolute atomic E-state index is 0.104.